The zero-order valence-electron chi connectivity index (χ0n) is 19.1. The van der Waals surface area contributed by atoms with Crippen molar-refractivity contribution in [2.75, 3.05) is 17.7 Å². The third kappa shape index (κ3) is 4.86. The van der Waals surface area contributed by atoms with Gasteiger partial charge in [-0.25, -0.2) is 14.6 Å². The lowest BCUT2D eigenvalue weighted by atomic mass is 10.1. The summed E-state index contributed by atoms with van der Waals surface area (Å²) in [5.41, 5.74) is 3.47. The molecular weight excluding hydrogens is 444 g/mol. The molecule has 0 aliphatic rings. The summed E-state index contributed by atoms with van der Waals surface area (Å²) in [6, 6.07) is 20.3. The van der Waals surface area contributed by atoms with Gasteiger partial charge in [0.2, 0.25) is 0 Å². The Hall–Kier alpha value is -4.99. The molecule has 0 atom stereocenters. The first kappa shape index (κ1) is 21.8. The number of hydrogen-bond acceptors (Lipinski definition) is 7. The minimum Gasteiger partial charge on any atom is -0.497 e. The Kier molecular flexibility index (Phi) is 5.91. The van der Waals surface area contributed by atoms with Crippen LogP contribution in [0.25, 0.3) is 17.1 Å². The molecule has 0 aliphatic carbocycles. The molecule has 0 bridgehead atoms. The topological polar surface area (TPSA) is 112 Å². The summed E-state index contributed by atoms with van der Waals surface area (Å²) < 4.78 is 8.50. The number of carbonyl (C=O) groups excluding carboxylic acids is 1. The van der Waals surface area contributed by atoms with Crippen LogP contribution in [-0.2, 0) is 7.05 Å². The molecule has 0 radical (unpaired) electrons. The van der Waals surface area contributed by atoms with Crippen LogP contribution in [0.5, 0.6) is 5.75 Å². The van der Waals surface area contributed by atoms with Crippen LogP contribution in [0.15, 0.2) is 85.5 Å². The highest BCUT2D eigenvalue weighted by molar-refractivity contribution is 6.03. The maximum Gasteiger partial charge on any atom is 0.273 e. The highest BCUT2D eigenvalue weighted by Gasteiger charge is 2.15. The van der Waals surface area contributed by atoms with E-state index in [0.717, 1.165) is 17.0 Å². The SMILES string of the molecule is COc1cccc(-c2cc(C(=O)Nc3ccc(Nc4cc(-n5cccn5)ncn4)cc3)n(C)n2)c1. The van der Waals surface area contributed by atoms with Crippen LogP contribution in [-0.4, -0.2) is 42.5 Å². The van der Waals surface area contributed by atoms with E-state index in [1.807, 2.05) is 60.8 Å². The molecule has 10 nitrogen and oxygen atoms in total. The van der Waals surface area contributed by atoms with E-state index in [0.29, 0.717) is 28.7 Å². The summed E-state index contributed by atoms with van der Waals surface area (Å²) in [5, 5.41) is 14.8. The summed E-state index contributed by atoms with van der Waals surface area (Å²) in [6.45, 7) is 0. The van der Waals surface area contributed by atoms with Crippen LogP contribution >= 0.6 is 0 Å². The molecule has 2 aromatic carbocycles. The lowest BCUT2D eigenvalue weighted by Crippen LogP contribution is -2.16. The average molecular weight is 467 g/mol. The van der Waals surface area contributed by atoms with Gasteiger partial charge in [0.05, 0.1) is 12.8 Å². The van der Waals surface area contributed by atoms with Gasteiger partial charge in [0, 0.05) is 42.4 Å². The van der Waals surface area contributed by atoms with E-state index in [2.05, 4.69) is 30.8 Å². The number of amides is 1. The number of aryl methyl sites for hydroxylation is 1. The van der Waals surface area contributed by atoms with Crippen molar-refractivity contribution in [1.82, 2.24) is 29.5 Å². The minimum atomic E-state index is -0.255. The fourth-order valence-electron chi connectivity index (χ4n) is 3.53. The molecule has 0 fully saturated rings. The Morgan fingerprint density at radius 2 is 1.80 bits per heavy atom. The normalized spacial score (nSPS) is 10.7. The van der Waals surface area contributed by atoms with Gasteiger partial charge in [-0.05, 0) is 48.5 Å². The fraction of sp³-hybridized carbons (Fsp3) is 0.0800. The number of benzene rings is 2. The zero-order chi connectivity index (χ0) is 24.2. The van der Waals surface area contributed by atoms with Crippen LogP contribution in [0.1, 0.15) is 10.5 Å². The van der Waals surface area contributed by atoms with E-state index < -0.39 is 0 Å². The van der Waals surface area contributed by atoms with Gasteiger partial charge in [-0.3, -0.25) is 9.48 Å². The molecule has 0 unspecified atom stereocenters. The molecule has 5 aromatic rings. The minimum absolute atomic E-state index is 0.255. The van der Waals surface area contributed by atoms with Gasteiger partial charge in [0.15, 0.2) is 5.82 Å². The monoisotopic (exact) mass is 466 g/mol. The second kappa shape index (κ2) is 9.48. The fourth-order valence-corrected chi connectivity index (χ4v) is 3.53. The summed E-state index contributed by atoms with van der Waals surface area (Å²) in [5.74, 6) is 1.75. The van der Waals surface area contributed by atoms with Crippen molar-refractivity contribution in [3.8, 4) is 22.8 Å². The van der Waals surface area contributed by atoms with E-state index in [9.17, 15) is 4.79 Å². The van der Waals surface area contributed by atoms with E-state index in [-0.39, 0.29) is 5.91 Å². The molecule has 10 heteroatoms. The number of anilines is 3. The molecule has 174 valence electrons. The van der Waals surface area contributed by atoms with Crippen LogP contribution in [0.2, 0.25) is 0 Å². The molecule has 0 aliphatic heterocycles. The van der Waals surface area contributed by atoms with Gasteiger partial charge in [-0.2, -0.15) is 10.2 Å². The Balaban J connectivity index is 1.27. The van der Waals surface area contributed by atoms with Crippen molar-refractivity contribution in [2.45, 2.75) is 0 Å². The average Bonchev–Trinajstić information content (AvgIpc) is 3.56. The van der Waals surface area contributed by atoms with Crippen molar-refractivity contribution in [2.24, 2.45) is 7.05 Å². The molecule has 3 heterocycles. The first-order valence-electron chi connectivity index (χ1n) is 10.8. The first-order chi connectivity index (χ1) is 17.1. The third-order valence-corrected chi connectivity index (χ3v) is 5.28. The predicted octanol–water partition coefficient (Wildman–Crippen LogP) is 4.07. The second-order valence-electron chi connectivity index (χ2n) is 7.64. The standard InChI is InChI=1S/C25H22N8O2/c1-32-22(14-21(31-32)17-5-3-6-20(13-17)35-2)25(34)30-19-9-7-18(8-10-19)29-23-15-24(27-16-26-23)33-12-4-11-28-33/h3-16H,1-2H3,(H,30,34)(H,26,27,29). The number of carbonyl (C=O) groups is 1. The first-order valence-corrected chi connectivity index (χ1v) is 10.8. The molecule has 2 N–H and O–H groups in total. The van der Waals surface area contributed by atoms with E-state index in [1.165, 1.54) is 6.33 Å². The van der Waals surface area contributed by atoms with E-state index in [1.54, 1.807) is 41.9 Å². The summed E-state index contributed by atoms with van der Waals surface area (Å²) in [7, 11) is 3.36. The summed E-state index contributed by atoms with van der Waals surface area (Å²) >= 11 is 0. The van der Waals surface area contributed by atoms with E-state index >= 15 is 0 Å². The summed E-state index contributed by atoms with van der Waals surface area (Å²) in [6.07, 6.45) is 4.97. The second-order valence-corrected chi connectivity index (χ2v) is 7.64. The molecule has 35 heavy (non-hydrogen) atoms. The Bertz CT molecular complexity index is 1460. The lowest BCUT2D eigenvalue weighted by Gasteiger charge is -2.09. The maximum absolute atomic E-state index is 12.9. The Labute approximate surface area is 201 Å². The predicted molar refractivity (Wildman–Crippen MR) is 132 cm³/mol. The molecule has 0 spiro atoms. The molecule has 1 amide bonds. The molecule has 0 saturated carbocycles. The largest absolute Gasteiger partial charge is 0.497 e. The van der Waals surface area contributed by atoms with Crippen LogP contribution < -0.4 is 15.4 Å². The summed E-state index contributed by atoms with van der Waals surface area (Å²) in [4.78, 5) is 21.4. The van der Waals surface area contributed by atoms with Gasteiger partial charge in [-0.1, -0.05) is 12.1 Å². The van der Waals surface area contributed by atoms with E-state index in [4.69, 9.17) is 4.74 Å². The van der Waals surface area contributed by atoms with Gasteiger partial charge < -0.3 is 15.4 Å². The highest BCUT2D eigenvalue weighted by atomic mass is 16.5. The van der Waals surface area contributed by atoms with Crippen molar-refractivity contribution >= 4 is 23.1 Å². The van der Waals surface area contributed by atoms with Crippen molar-refractivity contribution in [3.05, 3.63) is 91.1 Å². The lowest BCUT2D eigenvalue weighted by molar-refractivity contribution is 0.101. The highest BCUT2D eigenvalue weighted by Crippen LogP contribution is 2.24. The number of nitrogens with zero attached hydrogens (tertiary/aromatic N) is 6. The van der Waals surface area contributed by atoms with Crippen molar-refractivity contribution in [1.29, 1.82) is 0 Å². The molecule has 5 rings (SSSR count). The van der Waals surface area contributed by atoms with Crippen LogP contribution in [0.3, 0.4) is 0 Å². The Morgan fingerprint density at radius 1 is 0.971 bits per heavy atom. The molecular formula is C25H22N8O2. The number of methoxy groups -OCH3 is 1. The zero-order valence-corrected chi connectivity index (χ0v) is 19.1. The van der Waals surface area contributed by atoms with Gasteiger partial charge in [0.1, 0.15) is 23.6 Å². The van der Waals surface area contributed by atoms with Gasteiger partial charge >= 0.3 is 0 Å². The number of hydrogen-bond donors (Lipinski definition) is 2. The maximum atomic E-state index is 12.9. The smallest absolute Gasteiger partial charge is 0.273 e. The number of rotatable bonds is 7. The van der Waals surface area contributed by atoms with Gasteiger partial charge in [0.25, 0.3) is 5.91 Å². The number of ether oxygens (including phenoxy) is 1. The van der Waals surface area contributed by atoms with Crippen molar-refractivity contribution in [3.63, 3.8) is 0 Å². The molecule has 0 saturated heterocycles. The van der Waals surface area contributed by atoms with Gasteiger partial charge in [-0.15, -0.1) is 0 Å². The molecule has 3 aromatic heterocycles. The Morgan fingerprint density at radius 3 is 2.57 bits per heavy atom. The van der Waals surface area contributed by atoms with Crippen LogP contribution in [0.4, 0.5) is 17.2 Å². The number of nitrogens with one attached hydrogen (secondary N) is 2. The van der Waals surface area contributed by atoms with Crippen LogP contribution in [0, 0.1) is 0 Å². The third-order valence-electron chi connectivity index (χ3n) is 5.28. The number of aromatic nitrogens is 6. The quantitative estimate of drug-likeness (QED) is 0.372. The van der Waals surface area contributed by atoms with Crippen molar-refractivity contribution < 1.29 is 9.53 Å².